The van der Waals surface area contributed by atoms with Crippen molar-refractivity contribution in [2.75, 3.05) is 13.7 Å². The summed E-state index contributed by atoms with van der Waals surface area (Å²) >= 11 is 5.99. The van der Waals surface area contributed by atoms with Crippen LogP contribution in [0.4, 0.5) is 5.82 Å². The van der Waals surface area contributed by atoms with Crippen molar-refractivity contribution in [1.29, 1.82) is 0 Å². The SMILES string of the molecule is CCNN[C@@H]1CCCCC1=Nc1nc(C=Cc2ccc(Cl)cc2)nc2ccc(OC)cc12. The van der Waals surface area contributed by atoms with Gasteiger partial charge in [-0.15, -0.1) is 0 Å². The Morgan fingerprint density at radius 1 is 1.12 bits per heavy atom. The van der Waals surface area contributed by atoms with Crippen molar-refractivity contribution in [3.8, 4) is 5.75 Å². The highest BCUT2D eigenvalue weighted by Crippen LogP contribution is 2.29. The van der Waals surface area contributed by atoms with Gasteiger partial charge < -0.3 is 4.74 Å². The van der Waals surface area contributed by atoms with Gasteiger partial charge in [-0.25, -0.2) is 20.4 Å². The minimum Gasteiger partial charge on any atom is -0.497 e. The van der Waals surface area contributed by atoms with Crippen LogP contribution in [0.15, 0.2) is 47.5 Å². The van der Waals surface area contributed by atoms with E-state index in [0.717, 1.165) is 53.7 Å². The summed E-state index contributed by atoms with van der Waals surface area (Å²) in [6.07, 6.45) is 8.23. The van der Waals surface area contributed by atoms with E-state index in [4.69, 9.17) is 31.3 Å². The van der Waals surface area contributed by atoms with Gasteiger partial charge in [-0.2, -0.15) is 0 Å². The first-order chi connectivity index (χ1) is 15.7. The normalized spacial score (nSPS) is 18.0. The van der Waals surface area contributed by atoms with E-state index in [9.17, 15) is 0 Å². The molecule has 1 fully saturated rings. The highest BCUT2D eigenvalue weighted by atomic mass is 35.5. The zero-order valence-electron chi connectivity index (χ0n) is 18.4. The molecule has 0 saturated heterocycles. The Morgan fingerprint density at radius 2 is 1.97 bits per heavy atom. The summed E-state index contributed by atoms with van der Waals surface area (Å²) in [5.41, 5.74) is 9.63. The van der Waals surface area contributed by atoms with Gasteiger partial charge >= 0.3 is 0 Å². The van der Waals surface area contributed by atoms with Crippen LogP contribution in [-0.2, 0) is 0 Å². The second-order valence-corrected chi connectivity index (χ2v) is 8.19. The fourth-order valence-electron chi connectivity index (χ4n) is 3.79. The maximum Gasteiger partial charge on any atom is 0.163 e. The molecule has 32 heavy (non-hydrogen) atoms. The minimum atomic E-state index is 0.201. The second-order valence-electron chi connectivity index (χ2n) is 7.75. The molecule has 1 saturated carbocycles. The van der Waals surface area contributed by atoms with Crippen LogP contribution < -0.4 is 15.6 Å². The zero-order chi connectivity index (χ0) is 22.3. The number of benzene rings is 2. The summed E-state index contributed by atoms with van der Waals surface area (Å²) in [5.74, 6) is 2.05. The zero-order valence-corrected chi connectivity index (χ0v) is 19.2. The lowest BCUT2D eigenvalue weighted by Gasteiger charge is -2.25. The maximum atomic E-state index is 5.99. The monoisotopic (exact) mass is 449 g/mol. The molecule has 0 unspecified atom stereocenters. The van der Waals surface area contributed by atoms with Crippen LogP contribution in [-0.4, -0.2) is 35.4 Å². The average Bonchev–Trinajstić information content (AvgIpc) is 2.83. The van der Waals surface area contributed by atoms with E-state index in [1.807, 2.05) is 54.6 Å². The van der Waals surface area contributed by atoms with Crippen molar-refractivity contribution in [2.24, 2.45) is 4.99 Å². The van der Waals surface area contributed by atoms with Crippen molar-refractivity contribution in [1.82, 2.24) is 20.8 Å². The number of methoxy groups -OCH3 is 1. The summed E-state index contributed by atoms with van der Waals surface area (Å²) in [5, 5.41) is 1.60. The number of ether oxygens (including phenoxy) is 1. The number of hydrogen-bond donors (Lipinski definition) is 2. The molecule has 0 aliphatic heterocycles. The molecule has 1 heterocycles. The van der Waals surface area contributed by atoms with Gasteiger partial charge in [-0.3, -0.25) is 5.43 Å². The molecular weight excluding hydrogens is 422 g/mol. The topological polar surface area (TPSA) is 71.4 Å². The number of fused-ring (bicyclic) bond motifs is 1. The van der Waals surface area contributed by atoms with Crippen LogP contribution in [0.25, 0.3) is 23.1 Å². The Labute approximate surface area is 193 Å². The van der Waals surface area contributed by atoms with Crippen molar-refractivity contribution in [2.45, 2.75) is 38.6 Å². The Morgan fingerprint density at radius 3 is 2.75 bits per heavy atom. The number of nitrogens with zero attached hydrogens (tertiary/aromatic N) is 3. The van der Waals surface area contributed by atoms with E-state index < -0.39 is 0 Å². The number of aliphatic imine (C=N–C) groups is 1. The van der Waals surface area contributed by atoms with Gasteiger partial charge in [-0.1, -0.05) is 43.2 Å². The van der Waals surface area contributed by atoms with E-state index in [0.29, 0.717) is 16.7 Å². The summed E-state index contributed by atoms with van der Waals surface area (Å²) < 4.78 is 5.44. The predicted octanol–water partition coefficient (Wildman–Crippen LogP) is 5.59. The smallest absolute Gasteiger partial charge is 0.163 e. The largest absolute Gasteiger partial charge is 0.497 e. The molecule has 0 bridgehead atoms. The molecule has 1 aliphatic rings. The van der Waals surface area contributed by atoms with Gasteiger partial charge in [-0.05, 0) is 61.2 Å². The molecule has 3 aromatic rings. The quantitative estimate of drug-likeness (QED) is 0.460. The first-order valence-corrected chi connectivity index (χ1v) is 11.4. The number of nitrogens with one attached hydrogen (secondary N) is 2. The summed E-state index contributed by atoms with van der Waals surface area (Å²) in [6, 6.07) is 13.7. The van der Waals surface area contributed by atoms with E-state index in [1.54, 1.807) is 7.11 Å². The summed E-state index contributed by atoms with van der Waals surface area (Å²) in [4.78, 5) is 14.6. The fourth-order valence-corrected chi connectivity index (χ4v) is 3.91. The molecule has 1 aromatic heterocycles. The Bertz CT molecular complexity index is 1130. The van der Waals surface area contributed by atoms with Gasteiger partial charge in [0.2, 0.25) is 0 Å². The van der Waals surface area contributed by atoms with Crippen LogP contribution in [0.5, 0.6) is 5.75 Å². The number of aromatic nitrogens is 2. The Kier molecular flexibility index (Phi) is 7.47. The van der Waals surface area contributed by atoms with Gasteiger partial charge in [0.1, 0.15) is 5.75 Å². The summed E-state index contributed by atoms with van der Waals surface area (Å²) in [7, 11) is 1.66. The molecule has 7 heteroatoms. The summed E-state index contributed by atoms with van der Waals surface area (Å²) in [6.45, 7) is 2.94. The highest BCUT2D eigenvalue weighted by molar-refractivity contribution is 6.30. The molecular formula is C25H28ClN5O. The van der Waals surface area contributed by atoms with Crippen LogP contribution in [0.2, 0.25) is 5.02 Å². The molecule has 1 aliphatic carbocycles. The van der Waals surface area contributed by atoms with Crippen LogP contribution in [0.3, 0.4) is 0 Å². The third-order valence-electron chi connectivity index (χ3n) is 5.48. The van der Waals surface area contributed by atoms with Crippen molar-refractivity contribution in [3.05, 3.63) is 58.9 Å². The van der Waals surface area contributed by atoms with Crippen molar-refractivity contribution in [3.63, 3.8) is 0 Å². The van der Waals surface area contributed by atoms with Crippen molar-refractivity contribution >= 4 is 46.2 Å². The molecule has 4 rings (SSSR count). The number of rotatable bonds is 7. The van der Waals surface area contributed by atoms with Crippen molar-refractivity contribution < 1.29 is 4.74 Å². The van der Waals surface area contributed by atoms with Crippen LogP contribution >= 0.6 is 11.6 Å². The fraction of sp³-hybridized carbons (Fsp3) is 0.320. The lowest BCUT2D eigenvalue weighted by atomic mass is 9.93. The van der Waals surface area contributed by atoms with Crippen LogP contribution in [0, 0.1) is 0 Å². The minimum absolute atomic E-state index is 0.201. The molecule has 166 valence electrons. The van der Waals surface area contributed by atoms with Gasteiger partial charge in [0.05, 0.1) is 18.7 Å². The molecule has 0 spiro atoms. The third kappa shape index (κ3) is 5.51. The van der Waals surface area contributed by atoms with E-state index in [-0.39, 0.29) is 6.04 Å². The number of hydrazine groups is 1. The molecule has 0 amide bonds. The van der Waals surface area contributed by atoms with E-state index in [1.165, 1.54) is 6.42 Å². The third-order valence-corrected chi connectivity index (χ3v) is 5.73. The Balaban J connectivity index is 1.75. The van der Waals surface area contributed by atoms with Gasteiger partial charge in [0, 0.05) is 22.7 Å². The lowest BCUT2D eigenvalue weighted by molar-refractivity contribution is 0.415. The number of hydrogen-bond acceptors (Lipinski definition) is 6. The van der Waals surface area contributed by atoms with Crippen LogP contribution in [0.1, 0.15) is 44.0 Å². The molecule has 6 nitrogen and oxygen atoms in total. The standard InChI is InChI=1S/C25H28ClN5O/c1-3-27-31-23-7-5-4-6-22(23)29-25-20-16-19(32-2)13-14-21(20)28-24(30-25)15-10-17-8-11-18(26)12-9-17/h8-16,23,27,31H,3-7H2,1-2H3/t23-/m1/s1. The first kappa shape index (κ1) is 22.4. The molecule has 0 radical (unpaired) electrons. The molecule has 1 atom stereocenters. The molecule has 2 N–H and O–H groups in total. The second kappa shape index (κ2) is 10.7. The molecule has 2 aromatic carbocycles. The highest BCUT2D eigenvalue weighted by Gasteiger charge is 2.21. The number of halogens is 1. The van der Waals surface area contributed by atoms with E-state index in [2.05, 4.69) is 17.8 Å². The predicted molar refractivity (Wildman–Crippen MR) is 133 cm³/mol. The van der Waals surface area contributed by atoms with Gasteiger partial charge in [0.15, 0.2) is 11.6 Å². The average molecular weight is 450 g/mol. The maximum absolute atomic E-state index is 5.99. The van der Waals surface area contributed by atoms with Gasteiger partial charge in [0.25, 0.3) is 0 Å². The van der Waals surface area contributed by atoms with E-state index >= 15 is 0 Å². The first-order valence-electron chi connectivity index (χ1n) is 11.0. The lowest BCUT2D eigenvalue weighted by Crippen LogP contribution is -2.46. The Hall–Kier alpha value is -2.80.